The molecule has 0 radical (unpaired) electrons. The van der Waals surface area contributed by atoms with Gasteiger partial charge in [-0.05, 0) is 71.9 Å². The molecule has 1 fully saturated rings. The molecule has 0 N–H and O–H groups in total. The molecule has 0 atom stereocenters. The molecular weight excluding hydrogens is 396 g/mol. The van der Waals surface area contributed by atoms with E-state index in [1.165, 1.54) is 0 Å². The van der Waals surface area contributed by atoms with Gasteiger partial charge in [0.25, 0.3) is 0 Å². The summed E-state index contributed by atoms with van der Waals surface area (Å²) in [6.07, 6.45) is 1.49. The van der Waals surface area contributed by atoms with Crippen molar-refractivity contribution in [2.24, 2.45) is 5.92 Å². The first-order valence-electron chi connectivity index (χ1n) is 10.9. The van der Waals surface area contributed by atoms with Crippen molar-refractivity contribution in [3.8, 4) is 0 Å². The number of esters is 1. The summed E-state index contributed by atoms with van der Waals surface area (Å²) in [5.74, 6) is -0.263. The third kappa shape index (κ3) is 3.60. The Balaban J connectivity index is 1.96. The van der Waals surface area contributed by atoms with Gasteiger partial charge in [-0.2, -0.15) is 0 Å². The maximum absolute atomic E-state index is 13.4. The fourth-order valence-corrected chi connectivity index (χ4v) is 4.17. The highest BCUT2D eigenvalue weighted by Crippen LogP contribution is 2.47. The summed E-state index contributed by atoms with van der Waals surface area (Å²) in [5.41, 5.74) is 0.777. The number of nitrogens with zero attached hydrogens (tertiary/aromatic N) is 2. The summed E-state index contributed by atoms with van der Waals surface area (Å²) >= 11 is 0. The SMILES string of the molecule is CCOC(=O)c1cc2ccc3c(c2n1CC1CC1)N(C(=O)OC(C)(C)C)C(=O)C3(C)C. The monoisotopic (exact) mass is 426 g/mol. The van der Waals surface area contributed by atoms with Crippen molar-refractivity contribution in [2.75, 3.05) is 11.5 Å². The van der Waals surface area contributed by atoms with Gasteiger partial charge in [0, 0.05) is 11.9 Å². The Morgan fingerprint density at radius 3 is 2.45 bits per heavy atom. The van der Waals surface area contributed by atoms with E-state index in [1.54, 1.807) is 33.8 Å². The molecule has 0 bridgehead atoms. The van der Waals surface area contributed by atoms with Crippen LogP contribution in [0.25, 0.3) is 10.9 Å². The molecule has 2 amide bonds. The van der Waals surface area contributed by atoms with E-state index >= 15 is 0 Å². The Morgan fingerprint density at radius 1 is 1.19 bits per heavy atom. The van der Waals surface area contributed by atoms with Gasteiger partial charge in [0.15, 0.2) is 0 Å². The van der Waals surface area contributed by atoms with Crippen molar-refractivity contribution in [2.45, 2.75) is 71.9 Å². The number of imide groups is 1. The molecule has 7 heteroatoms. The van der Waals surface area contributed by atoms with Crippen LogP contribution in [0.1, 0.15) is 70.4 Å². The highest BCUT2D eigenvalue weighted by atomic mass is 16.6. The molecule has 0 saturated heterocycles. The number of hydrogen-bond acceptors (Lipinski definition) is 5. The third-order valence-corrected chi connectivity index (χ3v) is 5.87. The van der Waals surface area contributed by atoms with E-state index in [-0.39, 0.29) is 12.5 Å². The molecule has 0 spiro atoms. The number of ether oxygens (including phenoxy) is 2. The number of carbonyl (C=O) groups excluding carboxylic acids is 3. The first-order valence-corrected chi connectivity index (χ1v) is 10.9. The second-order valence-corrected chi connectivity index (χ2v) is 9.95. The molecule has 4 rings (SSSR count). The van der Waals surface area contributed by atoms with Crippen LogP contribution in [-0.4, -0.2) is 34.7 Å². The summed E-state index contributed by atoms with van der Waals surface area (Å²) in [6.45, 7) is 11.6. The minimum atomic E-state index is -0.890. The molecule has 2 aromatic rings. The van der Waals surface area contributed by atoms with E-state index in [9.17, 15) is 14.4 Å². The van der Waals surface area contributed by atoms with Crippen molar-refractivity contribution >= 4 is 34.6 Å². The Morgan fingerprint density at radius 2 is 1.87 bits per heavy atom. The topological polar surface area (TPSA) is 77.8 Å². The van der Waals surface area contributed by atoms with E-state index in [2.05, 4.69) is 0 Å². The highest BCUT2D eigenvalue weighted by Gasteiger charge is 2.49. The van der Waals surface area contributed by atoms with Crippen LogP contribution in [0, 0.1) is 5.92 Å². The number of aromatic nitrogens is 1. The number of rotatable bonds is 4. The Hall–Kier alpha value is -2.83. The number of benzene rings is 1. The number of amides is 2. The second kappa shape index (κ2) is 7.11. The standard InChI is InChI=1S/C24H30N2O5/c1-7-30-20(27)17-12-15-10-11-16-19(18(15)25(17)13-14-8-9-14)26(21(28)24(16,5)6)22(29)31-23(2,3)4/h10-12,14H,7-9,13H2,1-6H3. The van der Waals surface area contributed by atoms with Gasteiger partial charge in [-0.25, -0.2) is 14.5 Å². The number of fused-ring (bicyclic) bond motifs is 3. The van der Waals surface area contributed by atoms with E-state index in [0.717, 1.165) is 28.7 Å². The van der Waals surface area contributed by atoms with Crippen molar-refractivity contribution in [1.82, 2.24) is 4.57 Å². The average Bonchev–Trinajstić information content (AvgIpc) is 3.35. The van der Waals surface area contributed by atoms with Gasteiger partial charge in [-0.15, -0.1) is 0 Å². The predicted molar refractivity (Wildman–Crippen MR) is 117 cm³/mol. The van der Waals surface area contributed by atoms with Crippen LogP contribution in [0.15, 0.2) is 18.2 Å². The molecule has 1 saturated carbocycles. The molecule has 1 aliphatic heterocycles. The van der Waals surface area contributed by atoms with Gasteiger partial charge < -0.3 is 14.0 Å². The summed E-state index contributed by atoms with van der Waals surface area (Å²) < 4.78 is 12.8. The Bertz CT molecular complexity index is 1090. The molecule has 166 valence electrons. The predicted octanol–water partition coefficient (Wildman–Crippen LogP) is 4.79. The molecule has 2 aliphatic rings. The first kappa shape index (κ1) is 21.4. The van der Waals surface area contributed by atoms with Crippen molar-refractivity contribution in [3.05, 3.63) is 29.5 Å². The molecule has 1 aromatic carbocycles. The van der Waals surface area contributed by atoms with E-state index < -0.39 is 23.1 Å². The van der Waals surface area contributed by atoms with E-state index in [4.69, 9.17) is 9.47 Å². The minimum Gasteiger partial charge on any atom is -0.461 e. The average molecular weight is 427 g/mol. The second-order valence-electron chi connectivity index (χ2n) is 9.95. The van der Waals surface area contributed by atoms with E-state index in [1.807, 2.05) is 30.5 Å². The maximum Gasteiger partial charge on any atom is 0.421 e. The number of carbonyl (C=O) groups is 3. The van der Waals surface area contributed by atoms with Gasteiger partial charge in [-0.3, -0.25) is 4.79 Å². The van der Waals surface area contributed by atoms with Crippen LogP contribution in [0.2, 0.25) is 0 Å². The molecule has 7 nitrogen and oxygen atoms in total. The van der Waals surface area contributed by atoms with Crippen LogP contribution in [-0.2, 0) is 26.2 Å². The lowest BCUT2D eigenvalue weighted by molar-refractivity contribution is -0.121. The quantitative estimate of drug-likeness (QED) is 0.657. The van der Waals surface area contributed by atoms with Crippen LogP contribution in [0.3, 0.4) is 0 Å². The lowest BCUT2D eigenvalue weighted by Gasteiger charge is -2.25. The molecule has 31 heavy (non-hydrogen) atoms. The molecule has 1 aromatic heterocycles. The van der Waals surface area contributed by atoms with Gasteiger partial charge >= 0.3 is 12.1 Å². The van der Waals surface area contributed by atoms with Crippen molar-refractivity contribution in [1.29, 1.82) is 0 Å². The van der Waals surface area contributed by atoms with Crippen molar-refractivity contribution in [3.63, 3.8) is 0 Å². The van der Waals surface area contributed by atoms with Gasteiger partial charge in [0.1, 0.15) is 11.3 Å². The lowest BCUT2D eigenvalue weighted by Crippen LogP contribution is -2.43. The smallest absolute Gasteiger partial charge is 0.421 e. The summed E-state index contributed by atoms with van der Waals surface area (Å²) in [4.78, 5) is 40.4. The zero-order valence-corrected chi connectivity index (χ0v) is 19.1. The van der Waals surface area contributed by atoms with Crippen LogP contribution in [0.4, 0.5) is 10.5 Å². The Kier molecular flexibility index (Phi) is 4.91. The van der Waals surface area contributed by atoms with E-state index in [0.29, 0.717) is 29.4 Å². The van der Waals surface area contributed by atoms with Gasteiger partial charge in [-0.1, -0.05) is 12.1 Å². The normalized spacial score (nSPS) is 17.7. The molecule has 2 heterocycles. The minimum absolute atomic E-state index is 0.275. The third-order valence-electron chi connectivity index (χ3n) is 5.87. The van der Waals surface area contributed by atoms with Gasteiger partial charge in [0.05, 0.1) is 23.2 Å². The fraction of sp³-hybridized carbons (Fsp3) is 0.542. The summed E-state index contributed by atoms with van der Waals surface area (Å²) in [7, 11) is 0. The molecule has 1 aliphatic carbocycles. The van der Waals surface area contributed by atoms with Crippen LogP contribution >= 0.6 is 0 Å². The summed E-state index contributed by atoms with van der Waals surface area (Å²) in [6, 6.07) is 5.57. The highest BCUT2D eigenvalue weighted by molar-refractivity contribution is 6.25. The van der Waals surface area contributed by atoms with Crippen molar-refractivity contribution < 1.29 is 23.9 Å². The maximum atomic E-state index is 13.4. The first-order chi connectivity index (χ1) is 14.5. The number of hydrogen-bond donors (Lipinski definition) is 0. The number of anilines is 1. The zero-order chi connectivity index (χ0) is 22.7. The molecular formula is C24H30N2O5. The fourth-order valence-electron chi connectivity index (χ4n) is 4.17. The largest absolute Gasteiger partial charge is 0.461 e. The van der Waals surface area contributed by atoms with Crippen LogP contribution < -0.4 is 4.90 Å². The van der Waals surface area contributed by atoms with Crippen LogP contribution in [0.5, 0.6) is 0 Å². The lowest BCUT2D eigenvalue weighted by atomic mass is 9.86. The Labute approximate surface area is 182 Å². The zero-order valence-electron chi connectivity index (χ0n) is 19.1. The summed E-state index contributed by atoms with van der Waals surface area (Å²) in [5, 5.41) is 0.793. The van der Waals surface area contributed by atoms with Gasteiger partial charge in [0.2, 0.25) is 5.91 Å². The molecule has 0 unspecified atom stereocenters.